The number of aromatic nitrogens is 3. The van der Waals surface area contributed by atoms with Gasteiger partial charge in [0.15, 0.2) is 0 Å². The zero-order valence-corrected chi connectivity index (χ0v) is 6.23. The van der Waals surface area contributed by atoms with Crippen LogP contribution in [-0.2, 0) is 16.1 Å². The molecule has 0 radical (unpaired) electrons. The fourth-order valence-corrected chi connectivity index (χ4v) is 0.656. The average molecular weight is 155 g/mol. The van der Waals surface area contributed by atoms with Gasteiger partial charge in [-0.25, -0.2) is 4.98 Å². The van der Waals surface area contributed by atoms with E-state index in [0.29, 0.717) is 13.0 Å². The van der Waals surface area contributed by atoms with Crippen molar-refractivity contribution >= 4 is 5.97 Å². The molecule has 0 saturated heterocycles. The highest BCUT2D eigenvalue weighted by atomic mass is 16.5. The average Bonchev–Trinajstić information content (AvgIpc) is 2.52. The lowest BCUT2D eigenvalue weighted by Gasteiger charge is -1.97. The maximum absolute atomic E-state index is 10.6. The monoisotopic (exact) mass is 155 g/mol. The van der Waals surface area contributed by atoms with E-state index in [2.05, 4.69) is 14.8 Å². The number of hydrogen-bond donors (Lipinski definition) is 0. The van der Waals surface area contributed by atoms with Gasteiger partial charge in [0.05, 0.1) is 20.1 Å². The molecule has 0 bridgehead atoms. The number of esters is 1. The minimum atomic E-state index is -0.236. The highest BCUT2D eigenvalue weighted by Crippen LogP contribution is 1.88. The highest BCUT2D eigenvalue weighted by molar-refractivity contribution is 5.68. The fraction of sp³-hybridized carbons (Fsp3) is 0.500. The summed E-state index contributed by atoms with van der Waals surface area (Å²) in [5.74, 6) is -0.236. The lowest BCUT2D eigenvalue weighted by Crippen LogP contribution is -2.07. The van der Waals surface area contributed by atoms with Gasteiger partial charge in [0, 0.05) is 0 Å². The normalized spacial score (nSPS) is 9.55. The smallest absolute Gasteiger partial charge is 0.307 e. The van der Waals surface area contributed by atoms with Crippen LogP contribution >= 0.6 is 0 Å². The topological polar surface area (TPSA) is 57.0 Å². The van der Waals surface area contributed by atoms with Gasteiger partial charge in [-0.15, -0.1) is 0 Å². The first-order chi connectivity index (χ1) is 5.33. The van der Waals surface area contributed by atoms with Crippen molar-refractivity contribution in [2.24, 2.45) is 0 Å². The molecule has 0 aliphatic heterocycles. The van der Waals surface area contributed by atoms with E-state index in [4.69, 9.17) is 0 Å². The molecule has 0 unspecified atom stereocenters. The lowest BCUT2D eigenvalue weighted by atomic mass is 10.4. The molecule has 1 aromatic rings. The summed E-state index contributed by atoms with van der Waals surface area (Å²) in [6.07, 6.45) is 3.32. The molecule has 5 heteroatoms. The Morgan fingerprint density at radius 2 is 2.55 bits per heavy atom. The van der Waals surface area contributed by atoms with Crippen molar-refractivity contribution in [1.29, 1.82) is 0 Å². The molecule has 0 aliphatic rings. The summed E-state index contributed by atoms with van der Waals surface area (Å²) in [6.45, 7) is 0.521. The standard InChI is InChI=1S/C6H9N3O2/c1-11-6(10)2-3-9-5-7-4-8-9/h4-5H,2-3H2,1H3. The van der Waals surface area contributed by atoms with E-state index in [9.17, 15) is 4.79 Å². The van der Waals surface area contributed by atoms with Crippen molar-refractivity contribution in [3.63, 3.8) is 0 Å². The zero-order valence-electron chi connectivity index (χ0n) is 6.23. The number of hydrogen-bond acceptors (Lipinski definition) is 4. The van der Waals surface area contributed by atoms with E-state index >= 15 is 0 Å². The van der Waals surface area contributed by atoms with Gasteiger partial charge in [-0.1, -0.05) is 0 Å². The van der Waals surface area contributed by atoms with Crippen LogP contribution in [0.4, 0.5) is 0 Å². The molecule has 1 aromatic heterocycles. The van der Waals surface area contributed by atoms with Crippen LogP contribution < -0.4 is 0 Å². The van der Waals surface area contributed by atoms with Crippen LogP contribution in [0.15, 0.2) is 12.7 Å². The van der Waals surface area contributed by atoms with E-state index in [-0.39, 0.29) is 5.97 Å². The summed E-state index contributed by atoms with van der Waals surface area (Å²) in [7, 11) is 1.36. The van der Waals surface area contributed by atoms with Crippen molar-refractivity contribution in [3.05, 3.63) is 12.7 Å². The Bertz CT molecular complexity index is 220. The number of carbonyl (C=O) groups excluding carboxylic acids is 1. The largest absolute Gasteiger partial charge is 0.469 e. The summed E-state index contributed by atoms with van der Waals surface area (Å²) in [6, 6.07) is 0. The Labute approximate surface area is 64.0 Å². The van der Waals surface area contributed by atoms with Crippen LogP contribution in [-0.4, -0.2) is 27.8 Å². The molecule has 1 heterocycles. The number of methoxy groups -OCH3 is 1. The van der Waals surface area contributed by atoms with Gasteiger partial charge in [0.25, 0.3) is 0 Å². The maximum atomic E-state index is 10.6. The third-order valence-corrected chi connectivity index (χ3v) is 1.24. The van der Waals surface area contributed by atoms with Crippen molar-refractivity contribution in [2.45, 2.75) is 13.0 Å². The SMILES string of the molecule is COC(=O)CCn1cncn1. The molecule has 0 aliphatic carbocycles. The van der Waals surface area contributed by atoms with Crippen LogP contribution in [0.3, 0.4) is 0 Å². The maximum Gasteiger partial charge on any atom is 0.307 e. The summed E-state index contributed by atoms with van der Waals surface area (Å²) in [5, 5.41) is 3.82. The molecule has 11 heavy (non-hydrogen) atoms. The second-order valence-corrected chi connectivity index (χ2v) is 1.98. The molecule has 0 N–H and O–H groups in total. The predicted octanol–water partition coefficient (Wildman–Crippen LogP) is -0.159. The van der Waals surface area contributed by atoms with Gasteiger partial charge in [0.2, 0.25) is 0 Å². The Morgan fingerprint density at radius 3 is 3.09 bits per heavy atom. The second-order valence-electron chi connectivity index (χ2n) is 1.98. The first-order valence-corrected chi connectivity index (χ1v) is 3.22. The molecule has 0 atom stereocenters. The molecule has 60 valence electrons. The van der Waals surface area contributed by atoms with E-state index in [1.807, 2.05) is 0 Å². The number of rotatable bonds is 3. The van der Waals surface area contributed by atoms with Crippen molar-refractivity contribution in [3.8, 4) is 0 Å². The lowest BCUT2D eigenvalue weighted by molar-refractivity contribution is -0.140. The van der Waals surface area contributed by atoms with Crippen LogP contribution in [0.5, 0.6) is 0 Å². The number of nitrogens with zero attached hydrogens (tertiary/aromatic N) is 3. The molecule has 0 aromatic carbocycles. The van der Waals surface area contributed by atoms with Crippen LogP contribution in [0.1, 0.15) is 6.42 Å². The summed E-state index contributed by atoms with van der Waals surface area (Å²) < 4.78 is 6.03. The van der Waals surface area contributed by atoms with Crippen molar-refractivity contribution in [2.75, 3.05) is 7.11 Å². The Kier molecular flexibility index (Phi) is 2.59. The zero-order chi connectivity index (χ0) is 8.10. The van der Waals surface area contributed by atoms with Gasteiger partial charge in [-0.3, -0.25) is 9.48 Å². The Hall–Kier alpha value is -1.39. The minimum absolute atomic E-state index is 0.236. The molecule has 0 fully saturated rings. The Balaban J connectivity index is 2.29. The quantitative estimate of drug-likeness (QED) is 0.569. The van der Waals surface area contributed by atoms with Gasteiger partial charge in [-0.2, -0.15) is 5.10 Å². The summed E-state index contributed by atoms with van der Waals surface area (Å²) in [4.78, 5) is 14.3. The predicted molar refractivity (Wildman–Crippen MR) is 36.7 cm³/mol. The molecule has 0 spiro atoms. The third-order valence-electron chi connectivity index (χ3n) is 1.24. The molecule has 0 amide bonds. The second kappa shape index (κ2) is 3.70. The van der Waals surface area contributed by atoms with Gasteiger partial charge in [0.1, 0.15) is 12.7 Å². The third kappa shape index (κ3) is 2.37. The molecule has 1 rings (SSSR count). The van der Waals surface area contributed by atoms with Crippen molar-refractivity contribution in [1.82, 2.24) is 14.8 Å². The molecular weight excluding hydrogens is 146 g/mol. The number of ether oxygens (including phenoxy) is 1. The Morgan fingerprint density at radius 1 is 1.73 bits per heavy atom. The van der Waals surface area contributed by atoms with Crippen molar-refractivity contribution < 1.29 is 9.53 Å². The van der Waals surface area contributed by atoms with E-state index in [1.165, 1.54) is 13.4 Å². The highest BCUT2D eigenvalue weighted by Gasteiger charge is 1.99. The fourth-order valence-electron chi connectivity index (χ4n) is 0.656. The van der Waals surface area contributed by atoms with Crippen LogP contribution in [0, 0.1) is 0 Å². The number of carbonyl (C=O) groups is 1. The number of aryl methyl sites for hydroxylation is 1. The van der Waals surface area contributed by atoms with Crippen LogP contribution in [0.2, 0.25) is 0 Å². The minimum Gasteiger partial charge on any atom is -0.469 e. The molecular formula is C6H9N3O2. The first-order valence-electron chi connectivity index (χ1n) is 3.22. The molecule has 0 saturated carbocycles. The molecule has 5 nitrogen and oxygen atoms in total. The van der Waals surface area contributed by atoms with E-state index < -0.39 is 0 Å². The van der Waals surface area contributed by atoms with Gasteiger partial charge >= 0.3 is 5.97 Å². The van der Waals surface area contributed by atoms with Gasteiger partial charge < -0.3 is 4.74 Å². The van der Waals surface area contributed by atoms with E-state index in [1.54, 1.807) is 11.0 Å². The first kappa shape index (κ1) is 7.71. The van der Waals surface area contributed by atoms with Gasteiger partial charge in [-0.05, 0) is 0 Å². The van der Waals surface area contributed by atoms with E-state index in [0.717, 1.165) is 0 Å². The van der Waals surface area contributed by atoms with Crippen LogP contribution in [0.25, 0.3) is 0 Å². The summed E-state index contributed by atoms with van der Waals surface area (Å²) in [5.41, 5.74) is 0. The summed E-state index contributed by atoms with van der Waals surface area (Å²) >= 11 is 0.